The van der Waals surface area contributed by atoms with Gasteiger partial charge in [0.15, 0.2) is 0 Å². The third-order valence-electron chi connectivity index (χ3n) is 5.02. The van der Waals surface area contributed by atoms with E-state index in [2.05, 4.69) is 59.0 Å². The molecule has 1 aliphatic rings. The van der Waals surface area contributed by atoms with Gasteiger partial charge in [-0.05, 0) is 37.1 Å². The zero-order valence-electron chi connectivity index (χ0n) is 14.5. The van der Waals surface area contributed by atoms with Gasteiger partial charge >= 0.3 is 0 Å². The quantitative estimate of drug-likeness (QED) is 0.659. The SMILES string of the molecule is Cc1cccc(CN2CCCn3cccc3[C@H]2c2ccccc2F)c1. The zero-order chi connectivity index (χ0) is 17.2. The molecular weight excluding hydrogens is 311 g/mol. The van der Waals surface area contributed by atoms with Crippen LogP contribution in [-0.4, -0.2) is 16.0 Å². The molecule has 0 saturated carbocycles. The molecule has 0 spiro atoms. The molecule has 0 N–H and O–H groups in total. The van der Waals surface area contributed by atoms with Gasteiger partial charge in [-0.15, -0.1) is 0 Å². The number of hydrogen-bond donors (Lipinski definition) is 0. The van der Waals surface area contributed by atoms with Gasteiger partial charge in [0.05, 0.1) is 6.04 Å². The van der Waals surface area contributed by atoms with Crippen molar-refractivity contribution in [2.45, 2.75) is 32.5 Å². The van der Waals surface area contributed by atoms with E-state index in [1.807, 2.05) is 12.1 Å². The van der Waals surface area contributed by atoms with Crippen molar-refractivity contribution in [3.8, 4) is 0 Å². The van der Waals surface area contributed by atoms with E-state index in [-0.39, 0.29) is 11.9 Å². The third-order valence-corrected chi connectivity index (χ3v) is 5.02. The van der Waals surface area contributed by atoms with Crippen LogP contribution >= 0.6 is 0 Å². The Kier molecular flexibility index (Phi) is 4.41. The van der Waals surface area contributed by atoms with Crippen molar-refractivity contribution in [1.29, 1.82) is 0 Å². The highest BCUT2D eigenvalue weighted by Crippen LogP contribution is 2.34. The van der Waals surface area contributed by atoms with Gasteiger partial charge in [-0.3, -0.25) is 4.90 Å². The van der Waals surface area contributed by atoms with Gasteiger partial charge in [0.25, 0.3) is 0 Å². The van der Waals surface area contributed by atoms with Crippen LogP contribution in [0.2, 0.25) is 0 Å². The normalized spacial score (nSPS) is 17.9. The largest absolute Gasteiger partial charge is 0.350 e. The summed E-state index contributed by atoms with van der Waals surface area (Å²) in [7, 11) is 0. The van der Waals surface area contributed by atoms with E-state index in [1.54, 1.807) is 12.1 Å². The lowest BCUT2D eigenvalue weighted by atomic mass is 10.00. The van der Waals surface area contributed by atoms with E-state index >= 15 is 0 Å². The highest BCUT2D eigenvalue weighted by Gasteiger charge is 2.29. The summed E-state index contributed by atoms with van der Waals surface area (Å²) in [4.78, 5) is 2.41. The second-order valence-corrected chi connectivity index (χ2v) is 6.86. The minimum atomic E-state index is -0.128. The molecule has 1 aromatic heterocycles. The van der Waals surface area contributed by atoms with E-state index in [4.69, 9.17) is 0 Å². The molecule has 3 aromatic rings. The van der Waals surface area contributed by atoms with Crippen molar-refractivity contribution in [2.24, 2.45) is 0 Å². The predicted octanol–water partition coefficient (Wildman–Crippen LogP) is 4.93. The molecule has 25 heavy (non-hydrogen) atoms. The Balaban J connectivity index is 1.77. The van der Waals surface area contributed by atoms with Crippen LogP contribution in [0.1, 0.15) is 34.8 Å². The van der Waals surface area contributed by atoms with Gasteiger partial charge in [-0.25, -0.2) is 4.39 Å². The Morgan fingerprint density at radius 1 is 1.00 bits per heavy atom. The molecule has 1 aliphatic heterocycles. The number of hydrogen-bond acceptors (Lipinski definition) is 1. The van der Waals surface area contributed by atoms with Crippen LogP contribution in [0.15, 0.2) is 66.9 Å². The molecule has 0 fully saturated rings. The monoisotopic (exact) mass is 334 g/mol. The fraction of sp³-hybridized carbons (Fsp3) is 0.273. The molecule has 4 rings (SSSR count). The maximum atomic E-state index is 14.6. The summed E-state index contributed by atoms with van der Waals surface area (Å²) in [6.45, 7) is 4.88. The number of benzene rings is 2. The van der Waals surface area contributed by atoms with Crippen molar-refractivity contribution in [3.05, 3.63) is 95.1 Å². The van der Waals surface area contributed by atoms with Gasteiger partial charge in [0.1, 0.15) is 5.82 Å². The van der Waals surface area contributed by atoms with Crippen molar-refractivity contribution in [1.82, 2.24) is 9.47 Å². The molecule has 0 amide bonds. The first-order valence-electron chi connectivity index (χ1n) is 8.91. The van der Waals surface area contributed by atoms with E-state index in [9.17, 15) is 4.39 Å². The molecule has 0 radical (unpaired) electrons. The molecular formula is C22H23FN2. The van der Waals surface area contributed by atoms with Gasteiger partial charge in [-0.1, -0.05) is 48.0 Å². The average Bonchev–Trinajstić information content (AvgIpc) is 2.98. The number of nitrogens with zero attached hydrogens (tertiary/aromatic N) is 2. The topological polar surface area (TPSA) is 8.17 Å². The molecule has 1 atom stereocenters. The van der Waals surface area contributed by atoms with Crippen molar-refractivity contribution >= 4 is 0 Å². The second-order valence-electron chi connectivity index (χ2n) is 6.86. The number of rotatable bonds is 3. The lowest BCUT2D eigenvalue weighted by Gasteiger charge is -2.31. The van der Waals surface area contributed by atoms with Crippen LogP contribution in [0.5, 0.6) is 0 Å². The number of aromatic nitrogens is 1. The summed E-state index contributed by atoms with van der Waals surface area (Å²) < 4.78 is 16.9. The summed E-state index contributed by atoms with van der Waals surface area (Å²) in [6.07, 6.45) is 3.18. The summed E-state index contributed by atoms with van der Waals surface area (Å²) in [5, 5.41) is 0. The van der Waals surface area contributed by atoms with Gasteiger partial charge < -0.3 is 4.57 Å². The molecule has 3 heteroatoms. The number of fused-ring (bicyclic) bond motifs is 1. The third kappa shape index (κ3) is 3.24. The molecule has 0 unspecified atom stereocenters. The maximum Gasteiger partial charge on any atom is 0.128 e. The van der Waals surface area contributed by atoms with E-state index < -0.39 is 0 Å². The van der Waals surface area contributed by atoms with Crippen LogP contribution < -0.4 is 0 Å². The summed E-state index contributed by atoms with van der Waals surface area (Å²) in [5.74, 6) is -0.128. The van der Waals surface area contributed by atoms with Crippen LogP contribution in [0.3, 0.4) is 0 Å². The Hall–Kier alpha value is -2.39. The zero-order valence-corrected chi connectivity index (χ0v) is 14.5. The van der Waals surface area contributed by atoms with Gasteiger partial charge in [0.2, 0.25) is 0 Å². The van der Waals surface area contributed by atoms with Crippen molar-refractivity contribution in [2.75, 3.05) is 6.54 Å². The van der Waals surface area contributed by atoms with Crippen molar-refractivity contribution < 1.29 is 4.39 Å². The molecule has 128 valence electrons. The van der Waals surface area contributed by atoms with Crippen LogP contribution in [-0.2, 0) is 13.1 Å². The lowest BCUT2D eigenvalue weighted by molar-refractivity contribution is 0.216. The minimum absolute atomic E-state index is 0.0563. The highest BCUT2D eigenvalue weighted by molar-refractivity contribution is 5.31. The fourth-order valence-corrected chi connectivity index (χ4v) is 3.91. The van der Waals surface area contributed by atoms with Crippen molar-refractivity contribution in [3.63, 3.8) is 0 Å². The van der Waals surface area contributed by atoms with E-state index in [1.165, 1.54) is 16.8 Å². The molecule has 0 saturated heterocycles. The van der Waals surface area contributed by atoms with E-state index in [0.29, 0.717) is 0 Å². The number of aryl methyl sites for hydroxylation is 2. The maximum absolute atomic E-state index is 14.6. The number of halogens is 1. The first-order valence-corrected chi connectivity index (χ1v) is 8.91. The lowest BCUT2D eigenvalue weighted by Crippen LogP contribution is -2.30. The van der Waals surface area contributed by atoms with Crippen LogP contribution in [0.25, 0.3) is 0 Å². The minimum Gasteiger partial charge on any atom is -0.350 e. The molecule has 0 bridgehead atoms. The first-order chi connectivity index (χ1) is 12.2. The Labute approximate surface area is 148 Å². The predicted molar refractivity (Wildman–Crippen MR) is 98.9 cm³/mol. The molecule has 2 heterocycles. The van der Waals surface area contributed by atoms with Crippen LogP contribution in [0, 0.1) is 12.7 Å². The molecule has 2 nitrogen and oxygen atoms in total. The molecule has 2 aromatic carbocycles. The Morgan fingerprint density at radius 3 is 2.72 bits per heavy atom. The smallest absolute Gasteiger partial charge is 0.128 e. The standard InChI is InChI=1S/C22H23FN2/c1-17-7-4-8-18(15-17)16-25-14-6-13-24-12-5-11-21(24)22(25)19-9-2-3-10-20(19)23/h2-5,7-12,15,22H,6,13-14,16H2,1H3/t22-/m1/s1. The summed E-state index contributed by atoms with van der Waals surface area (Å²) in [6, 6.07) is 19.9. The first kappa shape index (κ1) is 16.1. The summed E-state index contributed by atoms with van der Waals surface area (Å²) >= 11 is 0. The Morgan fingerprint density at radius 2 is 1.88 bits per heavy atom. The molecule has 0 aliphatic carbocycles. The van der Waals surface area contributed by atoms with Gasteiger partial charge in [-0.2, -0.15) is 0 Å². The summed E-state index contributed by atoms with van der Waals surface area (Å²) in [5.41, 5.74) is 4.48. The van der Waals surface area contributed by atoms with Gasteiger partial charge in [0, 0.05) is 37.1 Å². The highest BCUT2D eigenvalue weighted by atomic mass is 19.1. The Bertz CT molecular complexity index is 868. The second kappa shape index (κ2) is 6.85. The fourth-order valence-electron chi connectivity index (χ4n) is 3.91. The van der Waals surface area contributed by atoms with E-state index in [0.717, 1.165) is 31.6 Å². The van der Waals surface area contributed by atoms with Crippen LogP contribution in [0.4, 0.5) is 4.39 Å². The average molecular weight is 334 g/mol.